The van der Waals surface area contributed by atoms with E-state index in [1.165, 1.54) is 6.92 Å². The van der Waals surface area contributed by atoms with Crippen molar-refractivity contribution in [2.75, 3.05) is 0 Å². The van der Waals surface area contributed by atoms with E-state index in [4.69, 9.17) is 10.8 Å². The number of hydrogen-bond acceptors (Lipinski definition) is 2. The van der Waals surface area contributed by atoms with Crippen molar-refractivity contribution >= 4 is 5.97 Å². The van der Waals surface area contributed by atoms with Gasteiger partial charge in [0, 0.05) is 5.56 Å². The molecule has 0 aromatic heterocycles. The Morgan fingerprint density at radius 3 is 2.12 bits per heavy atom. The lowest BCUT2D eigenvalue weighted by Gasteiger charge is -2.08. The Bertz CT molecular complexity index is 371. The number of carboxylic acids is 1. The zero-order valence-corrected chi connectivity index (χ0v) is 10.1. The maximum atomic E-state index is 13.1. The highest BCUT2D eigenvalue weighted by Crippen LogP contribution is 2.15. The molecule has 0 heterocycles. The van der Waals surface area contributed by atoms with E-state index >= 15 is 0 Å². The van der Waals surface area contributed by atoms with E-state index in [-0.39, 0.29) is 17.5 Å². The van der Waals surface area contributed by atoms with Crippen molar-refractivity contribution in [1.29, 1.82) is 0 Å². The van der Waals surface area contributed by atoms with Gasteiger partial charge in [-0.3, -0.25) is 4.79 Å². The molecule has 0 amide bonds. The molecule has 0 spiro atoms. The highest BCUT2D eigenvalue weighted by molar-refractivity contribution is 5.73. The molecule has 1 atom stereocenters. The number of halogens is 2. The molecule has 0 aliphatic carbocycles. The molecule has 3 N–H and O–H groups in total. The van der Waals surface area contributed by atoms with Crippen LogP contribution in [0.15, 0.2) is 12.1 Å². The summed E-state index contributed by atoms with van der Waals surface area (Å²) >= 11 is 0. The number of nitrogens with two attached hydrogens (primary N) is 1. The monoisotopic (exact) mass is 245 g/mol. The molecule has 0 fully saturated rings. The number of benzene rings is 1. The van der Waals surface area contributed by atoms with Crippen molar-refractivity contribution in [2.24, 2.45) is 5.73 Å². The van der Waals surface area contributed by atoms with Crippen LogP contribution in [0.2, 0.25) is 0 Å². The lowest BCUT2D eigenvalue weighted by Crippen LogP contribution is -2.32. The van der Waals surface area contributed by atoms with Crippen LogP contribution in [0.5, 0.6) is 0 Å². The Morgan fingerprint density at radius 2 is 1.76 bits per heavy atom. The summed E-state index contributed by atoms with van der Waals surface area (Å²) in [7, 11) is 0. The molecular weight excluding hydrogens is 228 g/mol. The van der Waals surface area contributed by atoms with Gasteiger partial charge in [-0.25, -0.2) is 8.78 Å². The van der Waals surface area contributed by atoms with Crippen molar-refractivity contribution in [2.45, 2.75) is 33.2 Å². The van der Waals surface area contributed by atoms with Crippen molar-refractivity contribution in [3.05, 3.63) is 34.9 Å². The first kappa shape index (κ1) is 15.5. The minimum absolute atomic E-state index is 0.0809. The molecule has 0 aliphatic rings. The highest BCUT2D eigenvalue weighted by atomic mass is 19.1. The standard InChI is InChI=1S/C10H11F2NO2.C2H6/c1-5-7(11)2-6(3-8(5)12)4-9(13)10(14)15;1-2/h2-3,9H,4,13H2,1H3,(H,14,15);1-2H3. The Kier molecular flexibility index (Phi) is 6.35. The third-order valence-electron chi connectivity index (χ3n) is 2.11. The number of hydrogen-bond donors (Lipinski definition) is 2. The van der Waals surface area contributed by atoms with Gasteiger partial charge < -0.3 is 10.8 Å². The van der Waals surface area contributed by atoms with Crippen molar-refractivity contribution in [3.63, 3.8) is 0 Å². The van der Waals surface area contributed by atoms with Gasteiger partial charge in [0.25, 0.3) is 0 Å². The van der Waals surface area contributed by atoms with E-state index in [1.807, 2.05) is 13.8 Å². The van der Waals surface area contributed by atoms with Crippen LogP contribution in [0.4, 0.5) is 8.78 Å². The predicted octanol–water partition coefficient (Wildman–Crippen LogP) is 2.25. The summed E-state index contributed by atoms with van der Waals surface area (Å²) < 4.78 is 26.1. The predicted molar refractivity (Wildman–Crippen MR) is 61.8 cm³/mol. The van der Waals surface area contributed by atoms with Gasteiger partial charge in [-0.1, -0.05) is 13.8 Å². The Morgan fingerprint density at radius 1 is 1.35 bits per heavy atom. The Labute approximate surface area is 99.3 Å². The number of carboxylic acid groups (broad SMARTS) is 1. The molecule has 5 heteroatoms. The Balaban J connectivity index is 0.00000121. The maximum Gasteiger partial charge on any atom is 0.320 e. The zero-order valence-electron chi connectivity index (χ0n) is 10.1. The third-order valence-corrected chi connectivity index (χ3v) is 2.11. The second-order valence-electron chi connectivity index (χ2n) is 3.33. The van der Waals surface area contributed by atoms with E-state index in [1.54, 1.807) is 0 Å². The minimum Gasteiger partial charge on any atom is -0.480 e. The van der Waals surface area contributed by atoms with Gasteiger partial charge in [-0.05, 0) is 31.0 Å². The fourth-order valence-electron chi connectivity index (χ4n) is 1.16. The van der Waals surface area contributed by atoms with Crippen LogP contribution in [0.1, 0.15) is 25.0 Å². The first-order valence-corrected chi connectivity index (χ1v) is 5.34. The first-order valence-electron chi connectivity index (χ1n) is 5.34. The normalized spacial score (nSPS) is 11.4. The molecule has 0 saturated heterocycles. The van der Waals surface area contributed by atoms with Gasteiger partial charge in [-0.2, -0.15) is 0 Å². The molecule has 3 nitrogen and oxygen atoms in total. The quantitative estimate of drug-likeness (QED) is 0.858. The molecular formula is C12H17F2NO2. The Hall–Kier alpha value is -1.49. The molecule has 96 valence electrons. The number of rotatable bonds is 3. The van der Waals surface area contributed by atoms with Crippen LogP contribution < -0.4 is 5.73 Å². The van der Waals surface area contributed by atoms with Gasteiger partial charge in [0.15, 0.2) is 0 Å². The average molecular weight is 245 g/mol. The van der Waals surface area contributed by atoms with Crippen LogP contribution in [-0.2, 0) is 11.2 Å². The van der Waals surface area contributed by atoms with Crippen LogP contribution in [0.3, 0.4) is 0 Å². The first-order chi connectivity index (χ1) is 7.91. The van der Waals surface area contributed by atoms with Gasteiger partial charge in [0.05, 0.1) is 0 Å². The van der Waals surface area contributed by atoms with Crippen LogP contribution >= 0.6 is 0 Å². The lowest BCUT2D eigenvalue weighted by molar-refractivity contribution is -0.138. The van der Waals surface area contributed by atoms with E-state index in [0.717, 1.165) is 12.1 Å². The maximum absolute atomic E-state index is 13.1. The summed E-state index contributed by atoms with van der Waals surface area (Å²) in [5.41, 5.74) is 5.40. The second-order valence-corrected chi connectivity index (χ2v) is 3.33. The average Bonchev–Trinajstić information content (AvgIpc) is 2.28. The van der Waals surface area contributed by atoms with Gasteiger partial charge in [-0.15, -0.1) is 0 Å². The van der Waals surface area contributed by atoms with Crippen molar-refractivity contribution < 1.29 is 18.7 Å². The molecule has 0 bridgehead atoms. The highest BCUT2D eigenvalue weighted by Gasteiger charge is 2.14. The largest absolute Gasteiger partial charge is 0.480 e. The van der Waals surface area contributed by atoms with Crippen LogP contribution in [-0.4, -0.2) is 17.1 Å². The van der Waals surface area contributed by atoms with E-state index in [0.29, 0.717) is 0 Å². The molecule has 0 saturated carbocycles. The topological polar surface area (TPSA) is 63.3 Å². The SMILES string of the molecule is CC.Cc1c(F)cc(CC(N)C(=O)O)cc1F. The van der Waals surface area contributed by atoms with Crippen LogP contribution in [0, 0.1) is 18.6 Å². The fraction of sp³-hybridized carbons (Fsp3) is 0.417. The van der Waals surface area contributed by atoms with Crippen molar-refractivity contribution in [1.82, 2.24) is 0 Å². The summed E-state index contributed by atoms with van der Waals surface area (Å²) in [5.74, 6) is -2.58. The third kappa shape index (κ3) is 4.48. The molecule has 1 aromatic rings. The summed E-state index contributed by atoms with van der Waals surface area (Å²) in [5, 5.41) is 8.52. The number of aliphatic carboxylic acids is 1. The molecule has 0 radical (unpaired) electrons. The fourth-order valence-corrected chi connectivity index (χ4v) is 1.16. The smallest absolute Gasteiger partial charge is 0.320 e. The van der Waals surface area contributed by atoms with E-state index in [9.17, 15) is 13.6 Å². The van der Waals surface area contributed by atoms with E-state index < -0.39 is 23.6 Å². The van der Waals surface area contributed by atoms with Crippen molar-refractivity contribution in [3.8, 4) is 0 Å². The van der Waals surface area contributed by atoms with E-state index in [2.05, 4.69) is 0 Å². The lowest BCUT2D eigenvalue weighted by atomic mass is 10.0. The molecule has 1 aromatic carbocycles. The van der Waals surface area contributed by atoms with Gasteiger partial charge in [0.2, 0.25) is 0 Å². The summed E-state index contributed by atoms with van der Waals surface area (Å²) in [6, 6.07) is 1.05. The molecule has 17 heavy (non-hydrogen) atoms. The van der Waals surface area contributed by atoms with Gasteiger partial charge >= 0.3 is 5.97 Å². The molecule has 0 aliphatic heterocycles. The summed E-state index contributed by atoms with van der Waals surface area (Å²) in [4.78, 5) is 10.4. The van der Waals surface area contributed by atoms with Gasteiger partial charge in [0.1, 0.15) is 17.7 Å². The van der Waals surface area contributed by atoms with Crippen LogP contribution in [0.25, 0.3) is 0 Å². The molecule has 1 rings (SSSR count). The second kappa shape index (κ2) is 6.96. The number of carbonyl (C=O) groups is 1. The summed E-state index contributed by atoms with van der Waals surface area (Å²) in [6.45, 7) is 5.31. The molecule has 1 unspecified atom stereocenters. The summed E-state index contributed by atoms with van der Waals surface area (Å²) in [6.07, 6.45) is -0.0938. The minimum atomic E-state index is -1.20. The zero-order chi connectivity index (χ0) is 13.6.